The summed E-state index contributed by atoms with van der Waals surface area (Å²) in [5.41, 5.74) is 4.16. The first kappa shape index (κ1) is 28.4. The van der Waals surface area contributed by atoms with E-state index in [2.05, 4.69) is 9.97 Å². The number of ether oxygens (including phenoxy) is 2. The molecule has 8 nitrogen and oxygen atoms in total. The van der Waals surface area contributed by atoms with Gasteiger partial charge in [-0.3, -0.25) is 0 Å². The third kappa shape index (κ3) is 5.96. The van der Waals surface area contributed by atoms with Gasteiger partial charge in [0.05, 0.1) is 40.5 Å². The van der Waals surface area contributed by atoms with Crippen molar-refractivity contribution in [2.75, 3.05) is 13.7 Å². The number of carbonyl (C=O) groups is 1. The molecule has 3 aromatic carbocycles. The molecule has 0 fully saturated rings. The van der Waals surface area contributed by atoms with Gasteiger partial charge in [0.1, 0.15) is 24.1 Å². The summed E-state index contributed by atoms with van der Waals surface area (Å²) < 4.78 is 42.5. The maximum Gasteiger partial charge on any atom is 0.335 e. The maximum absolute atomic E-state index is 15.5. The van der Waals surface area contributed by atoms with Crippen LogP contribution in [0.4, 0.5) is 8.78 Å². The van der Waals surface area contributed by atoms with Crippen LogP contribution in [0.3, 0.4) is 0 Å². The number of halogens is 2. The third-order valence-electron chi connectivity index (χ3n) is 6.90. The summed E-state index contributed by atoms with van der Waals surface area (Å²) in [6.07, 6.45) is 0.179. The first-order chi connectivity index (χ1) is 20.3. The molecular formula is C32H26F2N4O4. The Labute approximate surface area is 240 Å². The molecule has 0 aliphatic heterocycles. The molecule has 0 aliphatic rings. The second-order valence-electron chi connectivity index (χ2n) is 9.69. The topological polar surface area (TPSA) is 110 Å². The number of hydrogen-bond donors (Lipinski definition) is 1. The molecule has 212 valence electrons. The van der Waals surface area contributed by atoms with E-state index < -0.39 is 17.6 Å². The number of carboxylic acid groups (broad SMARTS) is 1. The second kappa shape index (κ2) is 12.2. The zero-order valence-electron chi connectivity index (χ0n) is 22.9. The van der Waals surface area contributed by atoms with Crippen LogP contribution in [0.2, 0.25) is 0 Å². The summed E-state index contributed by atoms with van der Waals surface area (Å²) in [6.45, 7) is 2.56. The van der Waals surface area contributed by atoms with Gasteiger partial charge in [-0.1, -0.05) is 24.3 Å². The van der Waals surface area contributed by atoms with Crippen LogP contribution >= 0.6 is 0 Å². The van der Waals surface area contributed by atoms with Crippen LogP contribution in [0.5, 0.6) is 5.88 Å². The highest BCUT2D eigenvalue weighted by Crippen LogP contribution is 2.28. The van der Waals surface area contributed by atoms with Gasteiger partial charge in [0.2, 0.25) is 5.88 Å². The number of imidazole rings is 1. The number of rotatable bonds is 10. The highest BCUT2D eigenvalue weighted by Gasteiger charge is 2.17. The van der Waals surface area contributed by atoms with Crippen molar-refractivity contribution in [3.63, 3.8) is 0 Å². The highest BCUT2D eigenvalue weighted by atomic mass is 19.1. The van der Waals surface area contributed by atoms with Gasteiger partial charge in [0.25, 0.3) is 0 Å². The molecule has 0 spiro atoms. The van der Waals surface area contributed by atoms with Gasteiger partial charge in [-0.05, 0) is 54.4 Å². The number of nitrogens with zero attached hydrogens (tertiary/aromatic N) is 4. The van der Waals surface area contributed by atoms with Crippen molar-refractivity contribution in [1.82, 2.24) is 14.5 Å². The number of methoxy groups -OCH3 is 1. The Balaban J connectivity index is 1.39. The standard InChI is InChI=1S/C32H26F2N4O4/c1-19-3-10-30(42-18-24-5-4-20(17-35)13-25(24)33)37-31(19)22-7-6-21(26(34)14-22)16-29-36-27-9-8-23(32(39)40)15-28(27)38(29)11-12-41-2/h3-10,13-15H,11-12,16,18H2,1-2H3,(H,39,40). The third-order valence-corrected chi connectivity index (χ3v) is 6.90. The number of pyridine rings is 1. The van der Waals surface area contributed by atoms with Crippen molar-refractivity contribution < 1.29 is 28.2 Å². The van der Waals surface area contributed by atoms with E-state index in [0.717, 1.165) is 11.6 Å². The molecule has 0 saturated carbocycles. The molecule has 0 atom stereocenters. The van der Waals surface area contributed by atoms with Gasteiger partial charge in [-0.2, -0.15) is 5.26 Å². The zero-order chi connectivity index (χ0) is 29.8. The lowest BCUT2D eigenvalue weighted by atomic mass is 10.0. The lowest BCUT2D eigenvalue weighted by molar-refractivity contribution is 0.0697. The molecule has 0 radical (unpaired) electrons. The monoisotopic (exact) mass is 568 g/mol. The quantitative estimate of drug-likeness (QED) is 0.218. The fourth-order valence-corrected chi connectivity index (χ4v) is 4.65. The number of aryl methyl sites for hydroxylation is 1. The fraction of sp³-hybridized carbons (Fsp3) is 0.188. The van der Waals surface area contributed by atoms with E-state index in [1.165, 1.54) is 24.3 Å². The van der Waals surface area contributed by atoms with Crippen LogP contribution in [-0.2, 0) is 24.3 Å². The highest BCUT2D eigenvalue weighted by molar-refractivity contribution is 5.92. The fourth-order valence-electron chi connectivity index (χ4n) is 4.65. The van der Waals surface area contributed by atoms with Crippen molar-refractivity contribution in [3.8, 4) is 23.2 Å². The number of aromatic nitrogens is 3. The van der Waals surface area contributed by atoms with Crippen LogP contribution in [0.1, 0.15) is 38.4 Å². The predicted octanol–water partition coefficient (Wildman–Crippen LogP) is 6.07. The minimum absolute atomic E-state index is 0.0849. The number of aromatic carboxylic acids is 1. The molecule has 10 heteroatoms. The molecule has 0 bridgehead atoms. The molecule has 2 heterocycles. The van der Waals surface area contributed by atoms with E-state index in [4.69, 9.17) is 14.7 Å². The molecular weight excluding hydrogens is 542 g/mol. The summed E-state index contributed by atoms with van der Waals surface area (Å²) in [7, 11) is 1.57. The molecule has 5 rings (SSSR count). The number of nitriles is 1. The molecule has 2 aromatic heterocycles. The van der Waals surface area contributed by atoms with Gasteiger partial charge in [-0.25, -0.2) is 23.5 Å². The summed E-state index contributed by atoms with van der Waals surface area (Å²) in [6, 6.07) is 19.0. The molecule has 1 N–H and O–H groups in total. The molecule has 5 aromatic rings. The zero-order valence-corrected chi connectivity index (χ0v) is 22.9. The molecule has 0 saturated heterocycles. The normalized spacial score (nSPS) is 11.0. The lowest BCUT2D eigenvalue weighted by Gasteiger charge is -2.12. The smallest absolute Gasteiger partial charge is 0.335 e. The Morgan fingerprint density at radius 1 is 1.00 bits per heavy atom. The molecule has 0 amide bonds. The number of benzene rings is 3. The predicted molar refractivity (Wildman–Crippen MR) is 151 cm³/mol. The lowest BCUT2D eigenvalue weighted by Crippen LogP contribution is -2.10. The Hall–Kier alpha value is -5.14. The van der Waals surface area contributed by atoms with Crippen LogP contribution in [0.25, 0.3) is 22.3 Å². The van der Waals surface area contributed by atoms with Crippen LogP contribution < -0.4 is 4.74 Å². The largest absolute Gasteiger partial charge is 0.478 e. The SMILES string of the molecule is COCCn1c(Cc2ccc(-c3nc(OCc4ccc(C#N)cc4F)ccc3C)cc2F)nc2ccc(C(=O)O)cc21. The first-order valence-electron chi connectivity index (χ1n) is 13.1. The average molecular weight is 569 g/mol. The van der Waals surface area contributed by atoms with E-state index in [1.54, 1.807) is 43.5 Å². The van der Waals surface area contributed by atoms with E-state index >= 15 is 4.39 Å². The Morgan fingerprint density at radius 3 is 2.50 bits per heavy atom. The minimum atomic E-state index is -1.04. The Kier molecular flexibility index (Phi) is 8.22. The molecule has 42 heavy (non-hydrogen) atoms. The van der Waals surface area contributed by atoms with Gasteiger partial charge in [0.15, 0.2) is 0 Å². The van der Waals surface area contributed by atoms with Gasteiger partial charge in [-0.15, -0.1) is 0 Å². The second-order valence-corrected chi connectivity index (χ2v) is 9.69. The summed E-state index contributed by atoms with van der Waals surface area (Å²) in [5.74, 6) is -1.21. The maximum atomic E-state index is 15.5. The molecule has 0 aliphatic carbocycles. The number of fused-ring (bicyclic) bond motifs is 1. The van der Waals surface area contributed by atoms with Crippen LogP contribution in [-0.4, -0.2) is 39.3 Å². The van der Waals surface area contributed by atoms with E-state index in [0.29, 0.717) is 46.8 Å². The van der Waals surface area contributed by atoms with Crippen molar-refractivity contribution in [2.45, 2.75) is 26.5 Å². The first-order valence-corrected chi connectivity index (χ1v) is 13.1. The van der Waals surface area contributed by atoms with Crippen molar-refractivity contribution in [1.29, 1.82) is 5.26 Å². The number of carboxylic acids is 1. The Bertz CT molecular complexity index is 1850. The Morgan fingerprint density at radius 2 is 1.79 bits per heavy atom. The van der Waals surface area contributed by atoms with Crippen molar-refractivity contribution in [2.24, 2.45) is 0 Å². The van der Waals surface area contributed by atoms with E-state index in [1.807, 2.05) is 17.6 Å². The summed E-state index contributed by atoms with van der Waals surface area (Å²) in [4.78, 5) is 20.7. The number of hydrogen-bond acceptors (Lipinski definition) is 6. The summed E-state index contributed by atoms with van der Waals surface area (Å²) in [5, 5.41) is 18.3. The molecule has 0 unspecified atom stereocenters. The van der Waals surface area contributed by atoms with Gasteiger partial charge in [0, 0.05) is 37.3 Å². The van der Waals surface area contributed by atoms with Crippen molar-refractivity contribution in [3.05, 3.63) is 112 Å². The minimum Gasteiger partial charge on any atom is -0.478 e. The van der Waals surface area contributed by atoms with Crippen LogP contribution in [0, 0.1) is 29.9 Å². The van der Waals surface area contributed by atoms with E-state index in [9.17, 15) is 14.3 Å². The summed E-state index contributed by atoms with van der Waals surface area (Å²) >= 11 is 0. The van der Waals surface area contributed by atoms with Gasteiger partial charge < -0.3 is 19.1 Å². The van der Waals surface area contributed by atoms with E-state index in [-0.39, 0.29) is 35.6 Å². The van der Waals surface area contributed by atoms with Crippen LogP contribution in [0.15, 0.2) is 66.7 Å². The average Bonchev–Trinajstić information content (AvgIpc) is 3.33. The van der Waals surface area contributed by atoms with Crippen molar-refractivity contribution >= 4 is 17.0 Å². The van der Waals surface area contributed by atoms with Gasteiger partial charge >= 0.3 is 5.97 Å².